The van der Waals surface area contributed by atoms with E-state index in [1.807, 2.05) is 116 Å². The second-order valence-corrected chi connectivity index (χ2v) is 19.5. The van der Waals surface area contributed by atoms with Crippen LogP contribution in [0.15, 0.2) is 60.7 Å². The largest absolute Gasteiger partial charge is 0.459 e. The molecule has 6 amide bonds. The van der Waals surface area contributed by atoms with Gasteiger partial charge in [-0.3, -0.25) is 19.2 Å². The molecule has 66 heavy (non-hydrogen) atoms. The van der Waals surface area contributed by atoms with Crippen LogP contribution in [0, 0.1) is 23.7 Å². The molecule has 0 aliphatic carbocycles. The van der Waals surface area contributed by atoms with Crippen LogP contribution in [0.5, 0.6) is 0 Å². The third-order valence-corrected chi connectivity index (χ3v) is 9.96. The Kier molecular flexibility index (Phi) is 24.9. The van der Waals surface area contributed by atoms with Gasteiger partial charge in [0.15, 0.2) is 0 Å². The van der Waals surface area contributed by atoms with Gasteiger partial charge in [-0.25, -0.2) is 14.4 Å². The second-order valence-electron chi connectivity index (χ2n) is 19.5. The van der Waals surface area contributed by atoms with Crippen LogP contribution in [-0.4, -0.2) is 84.1 Å². The number of hydrogen-bond donors (Lipinski definition) is 6. The minimum atomic E-state index is -1.09. The highest BCUT2D eigenvalue weighted by Gasteiger charge is 2.34. The monoisotopic (exact) mass is 923 g/mol. The van der Waals surface area contributed by atoms with Gasteiger partial charge in [-0.05, 0) is 101 Å². The maximum absolute atomic E-state index is 14.2. The number of carbonyl (C=O) groups excluding carboxylic acids is 7. The Morgan fingerprint density at radius 2 is 0.833 bits per heavy atom. The summed E-state index contributed by atoms with van der Waals surface area (Å²) < 4.78 is 16.3. The first kappa shape index (κ1) is 56.5. The van der Waals surface area contributed by atoms with Gasteiger partial charge in [-0.2, -0.15) is 0 Å². The molecule has 16 heteroatoms. The van der Waals surface area contributed by atoms with Gasteiger partial charge in [0.25, 0.3) is 0 Å². The molecular formula is C50H78N6O10. The lowest BCUT2D eigenvalue weighted by Gasteiger charge is -2.29. The van der Waals surface area contributed by atoms with Crippen molar-refractivity contribution in [2.24, 2.45) is 23.7 Å². The van der Waals surface area contributed by atoms with E-state index in [9.17, 15) is 33.6 Å². The Balaban J connectivity index is 2.23. The Morgan fingerprint density at radius 3 is 1.21 bits per heavy atom. The molecule has 2 aromatic rings. The SMILES string of the molecule is CC(C)C[C@H](NC(=O)OC(C)(C)C)C(=O)N[C@@H](CC(C)C)C(=O)N[C@@H](CC(C)C)C(=O)N[C@@H](CC(C)C)C(=O)N[C@@H](CCCCNC(=O)OCc1ccccc1)C(=O)OCc1ccccc1. The van der Waals surface area contributed by atoms with E-state index in [4.69, 9.17) is 14.2 Å². The fourth-order valence-corrected chi connectivity index (χ4v) is 6.87. The van der Waals surface area contributed by atoms with Gasteiger partial charge in [-0.1, -0.05) is 116 Å². The zero-order valence-electron chi connectivity index (χ0n) is 41.1. The molecule has 0 saturated heterocycles. The summed E-state index contributed by atoms with van der Waals surface area (Å²) in [4.78, 5) is 94.5. The quantitative estimate of drug-likeness (QED) is 0.0311. The maximum Gasteiger partial charge on any atom is 0.408 e. The van der Waals surface area contributed by atoms with E-state index in [1.54, 1.807) is 20.8 Å². The number of ether oxygens (including phenoxy) is 3. The van der Waals surface area contributed by atoms with Gasteiger partial charge in [0, 0.05) is 6.54 Å². The van der Waals surface area contributed by atoms with Crippen LogP contribution in [0.4, 0.5) is 9.59 Å². The first-order valence-electron chi connectivity index (χ1n) is 23.4. The van der Waals surface area contributed by atoms with Crippen molar-refractivity contribution in [2.45, 2.75) is 170 Å². The van der Waals surface area contributed by atoms with Crippen LogP contribution in [0.3, 0.4) is 0 Å². The molecule has 2 rings (SSSR count). The van der Waals surface area contributed by atoms with E-state index in [-0.39, 0.29) is 75.5 Å². The number of esters is 1. The summed E-state index contributed by atoms with van der Waals surface area (Å²) in [5.41, 5.74) is 0.826. The Bertz CT molecular complexity index is 1820. The van der Waals surface area contributed by atoms with Crippen molar-refractivity contribution in [2.75, 3.05) is 6.54 Å². The number of carbonyl (C=O) groups is 7. The first-order valence-corrected chi connectivity index (χ1v) is 23.4. The summed E-state index contributed by atoms with van der Waals surface area (Å²) >= 11 is 0. The highest BCUT2D eigenvalue weighted by Crippen LogP contribution is 2.15. The third-order valence-electron chi connectivity index (χ3n) is 9.96. The summed E-state index contributed by atoms with van der Waals surface area (Å²) in [5.74, 6) is -3.17. The van der Waals surface area contributed by atoms with E-state index >= 15 is 0 Å². The first-order chi connectivity index (χ1) is 31.0. The van der Waals surface area contributed by atoms with Gasteiger partial charge in [0.2, 0.25) is 23.6 Å². The number of nitrogens with one attached hydrogen (secondary N) is 6. The Hall–Kier alpha value is -5.67. The molecule has 0 saturated carbocycles. The lowest BCUT2D eigenvalue weighted by Crippen LogP contribution is -2.59. The summed E-state index contributed by atoms with van der Waals surface area (Å²) in [6.07, 6.45) is 0.703. The highest BCUT2D eigenvalue weighted by molar-refractivity contribution is 5.96. The zero-order valence-corrected chi connectivity index (χ0v) is 41.1. The summed E-state index contributed by atoms with van der Waals surface area (Å²) in [7, 11) is 0. The second kappa shape index (κ2) is 29.1. The van der Waals surface area contributed by atoms with Gasteiger partial charge in [0.05, 0.1) is 0 Å². The Labute approximate surface area is 392 Å². The van der Waals surface area contributed by atoms with Crippen LogP contribution in [0.1, 0.15) is 132 Å². The van der Waals surface area contributed by atoms with E-state index in [2.05, 4.69) is 31.9 Å². The van der Waals surface area contributed by atoms with Crippen molar-refractivity contribution in [3.05, 3.63) is 71.8 Å². The van der Waals surface area contributed by atoms with Crippen LogP contribution in [0.25, 0.3) is 0 Å². The van der Waals surface area contributed by atoms with Gasteiger partial charge < -0.3 is 46.1 Å². The van der Waals surface area contributed by atoms with Crippen molar-refractivity contribution < 1.29 is 47.8 Å². The number of rotatable bonds is 27. The molecule has 16 nitrogen and oxygen atoms in total. The van der Waals surface area contributed by atoms with Crippen LogP contribution in [0.2, 0.25) is 0 Å². The number of hydrogen-bond acceptors (Lipinski definition) is 10. The molecule has 368 valence electrons. The predicted octanol–water partition coefficient (Wildman–Crippen LogP) is 6.84. The average Bonchev–Trinajstić information content (AvgIpc) is 3.22. The van der Waals surface area contributed by atoms with Gasteiger partial charge in [-0.15, -0.1) is 0 Å². The average molecular weight is 923 g/mol. The lowest BCUT2D eigenvalue weighted by atomic mass is 9.98. The molecule has 0 spiro atoms. The molecule has 0 radical (unpaired) electrons. The lowest BCUT2D eigenvalue weighted by molar-refractivity contribution is -0.149. The predicted molar refractivity (Wildman–Crippen MR) is 253 cm³/mol. The zero-order chi connectivity index (χ0) is 49.4. The summed E-state index contributed by atoms with van der Waals surface area (Å²) in [5, 5.41) is 16.7. The van der Waals surface area contributed by atoms with E-state index in [0.29, 0.717) is 12.8 Å². The molecular weight excluding hydrogens is 845 g/mol. The molecule has 5 atom stereocenters. The van der Waals surface area contributed by atoms with Crippen molar-refractivity contribution >= 4 is 41.8 Å². The number of unbranched alkanes of at least 4 members (excludes halogenated alkanes) is 1. The minimum absolute atomic E-state index is 0.0134. The molecule has 0 aliphatic heterocycles. The Morgan fingerprint density at radius 1 is 0.470 bits per heavy atom. The van der Waals surface area contributed by atoms with Crippen molar-refractivity contribution in [3.8, 4) is 0 Å². The van der Waals surface area contributed by atoms with E-state index in [1.165, 1.54) is 0 Å². The molecule has 0 aliphatic rings. The summed E-state index contributed by atoms with van der Waals surface area (Å²) in [6, 6.07) is 13.1. The normalized spacial score (nSPS) is 13.7. The smallest absolute Gasteiger partial charge is 0.408 e. The number of benzene rings is 2. The standard InChI is InChI=1S/C50H78N6O10/c1-32(2)26-39(43(57)52-38(47(61)64-30-36-20-14-12-15-21-36)24-18-19-25-51-48(62)65-31-37-22-16-13-17-23-37)53-44(58)40(27-33(3)4)54-45(59)41(28-34(5)6)55-46(60)42(29-35(7)8)56-49(63)66-50(9,10)11/h12-17,20-23,32-35,38-42H,18-19,24-31H2,1-11H3,(H,51,62)(H,52,57)(H,53,58)(H,54,59)(H,55,60)(H,56,63)/t38-,39-,40-,41-,42-/m0/s1. The molecule has 0 unspecified atom stereocenters. The number of alkyl carbamates (subject to hydrolysis) is 2. The maximum atomic E-state index is 14.2. The van der Waals surface area contributed by atoms with Gasteiger partial charge in [0.1, 0.15) is 49.0 Å². The molecule has 6 N–H and O–H groups in total. The van der Waals surface area contributed by atoms with Crippen molar-refractivity contribution in [1.29, 1.82) is 0 Å². The van der Waals surface area contributed by atoms with Crippen LogP contribution >= 0.6 is 0 Å². The summed E-state index contributed by atoms with van der Waals surface area (Å²) in [6.45, 7) is 20.7. The fraction of sp³-hybridized carbons (Fsp3) is 0.620. The third kappa shape index (κ3) is 24.0. The molecule has 0 heterocycles. The highest BCUT2D eigenvalue weighted by atomic mass is 16.6. The van der Waals surface area contributed by atoms with E-state index < -0.39 is 77.6 Å². The van der Waals surface area contributed by atoms with E-state index in [0.717, 1.165) is 11.1 Å². The number of amides is 6. The minimum Gasteiger partial charge on any atom is -0.459 e. The van der Waals surface area contributed by atoms with Crippen molar-refractivity contribution in [3.63, 3.8) is 0 Å². The molecule has 0 fully saturated rings. The van der Waals surface area contributed by atoms with Gasteiger partial charge >= 0.3 is 18.2 Å². The topological polar surface area (TPSA) is 219 Å². The van der Waals surface area contributed by atoms with Crippen molar-refractivity contribution in [1.82, 2.24) is 31.9 Å². The molecule has 0 aromatic heterocycles. The molecule has 2 aromatic carbocycles. The van der Waals surface area contributed by atoms with Crippen LogP contribution in [-0.2, 0) is 51.4 Å². The molecule has 0 bridgehead atoms. The fourth-order valence-electron chi connectivity index (χ4n) is 6.87. The van der Waals surface area contributed by atoms with Crippen LogP contribution < -0.4 is 31.9 Å².